The Morgan fingerprint density at radius 2 is 0.865 bits per heavy atom. The Hall–Kier alpha value is -3.92. The van der Waals surface area contributed by atoms with Crippen molar-refractivity contribution in [2.45, 2.75) is 19.3 Å². The summed E-state index contributed by atoms with van der Waals surface area (Å²) >= 11 is 0. The predicted molar refractivity (Wildman–Crippen MR) is 163 cm³/mol. The lowest BCUT2D eigenvalue weighted by Gasteiger charge is -2.18. The van der Waals surface area contributed by atoms with Crippen molar-refractivity contribution in [3.8, 4) is 5.75 Å². The molecular formula is C33H45N3O. The van der Waals surface area contributed by atoms with Gasteiger partial charge in [0, 0.05) is 44.8 Å². The fourth-order valence-corrected chi connectivity index (χ4v) is 3.95. The molecule has 1 aromatic rings. The van der Waals surface area contributed by atoms with Gasteiger partial charge >= 0.3 is 0 Å². The van der Waals surface area contributed by atoms with E-state index in [1.165, 1.54) is 5.56 Å². The second kappa shape index (κ2) is 19.3. The van der Waals surface area contributed by atoms with Crippen LogP contribution in [0.3, 0.4) is 0 Å². The van der Waals surface area contributed by atoms with Crippen molar-refractivity contribution in [2.24, 2.45) is 0 Å². The zero-order chi connectivity index (χ0) is 27.3. The maximum absolute atomic E-state index is 10.8. The summed E-state index contributed by atoms with van der Waals surface area (Å²) in [6.07, 6.45) is 26.0. The van der Waals surface area contributed by atoms with Gasteiger partial charge in [-0.05, 0) is 55.1 Å². The molecule has 0 amide bonds. The highest BCUT2D eigenvalue weighted by Crippen LogP contribution is 2.27. The van der Waals surface area contributed by atoms with Gasteiger partial charge in [-0.2, -0.15) is 0 Å². The maximum Gasteiger partial charge on any atom is 0.119 e. The Morgan fingerprint density at radius 3 is 1.24 bits per heavy atom. The Morgan fingerprint density at radius 1 is 0.514 bits per heavy atom. The molecule has 0 aromatic heterocycles. The molecule has 0 unspecified atom stereocenters. The molecular weight excluding hydrogens is 454 g/mol. The van der Waals surface area contributed by atoms with Crippen LogP contribution in [0.15, 0.2) is 125 Å². The largest absolute Gasteiger partial charge is 0.508 e. The molecule has 0 saturated carbocycles. The lowest BCUT2D eigenvalue weighted by Crippen LogP contribution is -2.17. The van der Waals surface area contributed by atoms with Crippen LogP contribution in [0.25, 0.3) is 0 Å². The van der Waals surface area contributed by atoms with Crippen LogP contribution in [0, 0.1) is 0 Å². The molecule has 0 radical (unpaired) electrons. The van der Waals surface area contributed by atoms with Crippen molar-refractivity contribution in [3.63, 3.8) is 0 Å². The lowest BCUT2D eigenvalue weighted by molar-refractivity contribution is 0.458. The molecule has 0 bridgehead atoms. The van der Waals surface area contributed by atoms with E-state index < -0.39 is 0 Å². The van der Waals surface area contributed by atoms with E-state index in [0.717, 1.165) is 56.8 Å². The van der Waals surface area contributed by atoms with Gasteiger partial charge in [0.25, 0.3) is 0 Å². The van der Waals surface area contributed by atoms with Gasteiger partial charge in [0.15, 0.2) is 0 Å². The van der Waals surface area contributed by atoms with E-state index in [1.54, 1.807) is 6.07 Å². The number of phenols is 1. The summed E-state index contributed by atoms with van der Waals surface area (Å²) < 4.78 is 0. The monoisotopic (exact) mass is 499 g/mol. The third-order valence-corrected chi connectivity index (χ3v) is 5.62. The van der Waals surface area contributed by atoms with Gasteiger partial charge in [-0.25, -0.2) is 0 Å². The molecule has 1 N–H and O–H groups in total. The van der Waals surface area contributed by atoms with Crippen molar-refractivity contribution in [1.29, 1.82) is 0 Å². The molecule has 198 valence electrons. The number of nitrogens with zero attached hydrogens (tertiary/aromatic N) is 3. The Kier molecular flexibility index (Phi) is 16.2. The molecule has 4 heteroatoms. The maximum atomic E-state index is 10.8. The first-order chi connectivity index (χ1) is 18.0. The van der Waals surface area contributed by atoms with Gasteiger partial charge in [0.05, 0.1) is 0 Å². The molecule has 0 fully saturated rings. The molecule has 4 nitrogen and oxygen atoms in total. The lowest BCUT2D eigenvalue weighted by atomic mass is 9.93. The summed E-state index contributed by atoms with van der Waals surface area (Å²) in [6.45, 7) is 27.5. The predicted octanol–water partition coefficient (Wildman–Crippen LogP) is 6.58. The number of benzene rings is 1. The van der Waals surface area contributed by atoms with E-state index in [4.69, 9.17) is 0 Å². The molecule has 0 aliphatic rings. The van der Waals surface area contributed by atoms with E-state index in [-0.39, 0.29) is 0 Å². The highest BCUT2D eigenvalue weighted by molar-refractivity contribution is 5.47. The highest BCUT2D eigenvalue weighted by Gasteiger charge is 2.11. The Labute approximate surface area is 225 Å². The minimum Gasteiger partial charge on any atom is -0.508 e. The molecule has 37 heavy (non-hydrogen) atoms. The molecule has 0 saturated heterocycles. The van der Waals surface area contributed by atoms with Crippen LogP contribution in [-0.2, 0) is 19.3 Å². The fraction of sp³-hybridized carbons (Fsp3) is 0.273. The van der Waals surface area contributed by atoms with Gasteiger partial charge in [-0.15, -0.1) is 39.5 Å². The molecule has 0 aliphatic heterocycles. The number of hydrogen-bond donors (Lipinski definition) is 1. The van der Waals surface area contributed by atoms with Crippen LogP contribution in [0.4, 0.5) is 0 Å². The summed E-state index contributed by atoms with van der Waals surface area (Å²) in [5, 5.41) is 10.8. The number of rotatable bonds is 21. The molecule has 0 atom stereocenters. The fourth-order valence-electron chi connectivity index (χ4n) is 3.95. The van der Waals surface area contributed by atoms with Gasteiger partial charge < -0.3 is 19.8 Å². The van der Waals surface area contributed by atoms with Crippen molar-refractivity contribution in [1.82, 2.24) is 14.7 Å². The summed E-state index contributed by atoms with van der Waals surface area (Å²) in [5.41, 5.74) is 3.27. The second-order valence-corrected chi connectivity index (χ2v) is 8.56. The van der Waals surface area contributed by atoms with Gasteiger partial charge in [0.1, 0.15) is 5.75 Å². The SMILES string of the molecule is C=CCN(C=CCc1ccc(O)c(CC=CN(CC=C)CC=C)c1CC=CN(CC=C)CC=C)CC=C. The third-order valence-electron chi connectivity index (χ3n) is 5.62. The van der Waals surface area contributed by atoms with E-state index in [0.29, 0.717) is 18.6 Å². The molecule has 1 rings (SSSR count). The van der Waals surface area contributed by atoms with Crippen LogP contribution < -0.4 is 0 Å². The Balaban J connectivity index is 3.30. The van der Waals surface area contributed by atoms with Gasteiger partial charge in [-0.3, -0.25) is 0 Å². The standard InChI is InChI=1S/C33H45N3O/c1-7-21-34(22-8-2)27-13-16-30-19-20-33(37)32(18-15-29-36(25-11-5)26-12-6)31(30)17-14-28-35(23-9-3)24-10-4/h7-15,19-20,27-29,37H,1-6,16-18,21-26H2. The summed E-state index contributed by atoms with van der Waals surface area (Å²) in [6, 6.07) is 3.83. The van der Waals surface area contributed by atoms with Crippen LogP contribution >= 0.6 is 0 Å². The average molecular weight is 500 g/mol. The first-order valence-electron chi connectivity index (χ1n) is 12.7. The topological polar surface area (TPSA) is 30.0 Å². The zero-order valence-corrected chi connectivity index (χ0v) is 22.5. The summed E-state index contributed by atoms with van der Waals surface area (Å²) in [5.74, 6) is 0.314. The van der Waals surface area contributed by atoms with Crippen molar-refractivity contribution in [3.05, 3.63) is 142 Å². The van der Waals surface area contributed by atoms with Crippen molar-refractivity contribution < 1.29 is 5.11 Å². The van der Waals surface area contributed by atoms with Crippen LogP contribution in [-0.4, -0.2) is 59.1 Å². The molecule has 0 heterocycles. The van der Waals surface area contributed by atoms with E-state index in [9.17, 15) is 5.11 Å². The first-order valence-corrected chi connectivity index (χ1v) is 12.7. The second-order valence-electron chi connectivity index (χ2n) is 8.56. The number of allylic oxidation sites excluding steroid dienone is 3. The smallest absolute Gasteiger partial charge is 0.119 e. The summed E-state index contributed by atoms with van der Waals surface area (Å²) in [4.78, 5) is 6.42. The summed E-state index contributed by atoms with van der Waals surface area (Å²) in [7, 11) is 0. The number of hydrogen-bond acceptors (Lipinski definition) is 4. The van der Waals surface area contributed by atoms with E-state index in [1.807, 2.05) is 48.7 Å². The zero-order valence-electron chi connectivity index (χ0n) is 22.5. The minimum absolute atomic E-state index is 0.314. The third kappa shape index (κ3) is 12.0. The van der Waals surface area contributed by atoms with E-state index in [2.05, 4.69) is 84.8 Å². The quantitative estimate of drug-likeness (QED) is 0.193. The first kappa shape index (κ1) is 31.1. The van der Waals surface area contributed by atoms with Crippen LogP contribution in [0.1, 0.15) is 16.7 Å². The van der Waals surface area contributed by atoms with Crippen molar-refractivity contribution in [2.75, 3.05) is 39.3 Å². The average Bonchev–Trinajstić information content (AvgIpc) is 2.87. The van der Waals surface area contributed by atoms with Crippen LogP contribution in [0.5, 0.6) is 5.75 Å². The minimum atomic E-state index is 0.314. The van der Waals surface area contributed by atoms with Crippen LogP contribution in [0.2, 0.25) is 0 Å². The number of phenolic OH excluding ortho intramolecular Hbond substituents is 1. The highest BCUT2D eigenvalue weighted by atomic mass is 16.3. The van der Waals surface area contributed by atoms with E-state index >= 15 is 0 Å². The Bertz CT molecular complexity index is 940. The number of aromatic hydroxyl groups is 1. The van der Waals surface area contributed by atoms with Gasteiger partial charge in [-0.1, -0.05) is 60.8 Å². The molecule has 1 aromatic carbocycles. The van der Waals surface area contributed by atoms with Gasteiger partial charge in [0.2, 0.25) is 0 Å². The normalized spacial score (nSPS) is 11.0. The molecule has 0 spiro atoms. The molecule has 0 aliphatic carbocycles. The van der Waals surface area contributed by atoms with Crippen molar-refractivity contribution >= 4 is 0 Å².